The highest BCUT2D eigenvalue weighted by molar-refractivity contribution is 7.51. The number of fused-ring (bicyclic) bond motifs is 3. The summed E-state index contributed by atoms with van der Waals surface area (Å²) in [6.07, 6.45) is 0. The van der Waals surface area contributed by atoms with Gasteiger partial charge in [-0.1, -0.05) is 115 Å². The summed E-state index contributed by atoms with van der Waals surface area (Å²) < 4.78 is 5.10. The van der Waals surface area contributed by atoms with E-state index in [1.165, 1.54) is 49.6 Å². The third kappa shape index (κ3) is 4.26. The number of nitrogens with zero attached hydrogens (tertiary/aromatic N) is 2. The maximum Gasteiger partial charge on any atom is 0.0684 e. The Morgan fingerprint density at radius 2 is 0.718 bits per heavy atom. The molecule has 0 aliphatic carbocycles. The first kappa shape index (κ1) is 23.3. The van der Waals surface area contributed by atoms with Crippen molar-refractivity contribution in [3.05, 3.63) is 164 Å². The van der Waals surface area contributed by atoms with Crippen LogP contribution in [0.5, 0.6) is 0 Å². The molecule has 1 heterocycles. The Morgan fingerprint density at radius 1 is 0.333 bits per heavy atom. The number of para-hydroxylation sites is 4. The average molecular weight is 519 g/mol. The highest BCUT2D eigenvalue weighted by atomic mass is 31.1. The Morgan fingerprint density at radius 3 is 1.21 bits per heavy atom. The summed E-state index contributed by atoms with van der Waals surface area (Å²) in [4.78, 5) is 0. The van der Waals surface area contributed by atoms with Crippen LogP contribution in [0.2, 0.25) is 0 Å². The van der Waals surface area contributed by atoms with Gasteiger partial charge in [-0.3, -0.25) is 8.66 Å². The lowest BCUT2D eigenvalue weighted by molar-refractivity contribution is 1.18. The fourth-order valence-electron chi connectivity index (χ4n) is 5.35. The van der Waals surface area contributed by atoms with E-state index in [2.05, 4.69) is 172 Å². The molecular weight excluding hydrogens is 491 g/mol. The van der Waals surface area contributed by atoms with E-state index in [4.69, 9.17) is 0 Å². The van der Waals surface area contributed by atoms with Gasteiger partial charge in [0.15, 0.2) is 0 Å². The molecular formula is C36H27N2P. The summed E-state index contributed by atoms with van der Waals surface area (Å²) in [5.74, 6) is 0. The molecule has 0 unspecified atom stereocenters. The van der Waals surface area contributed by atoms with Crippen molar-refractivity contribution < 1.29 is 0 Å². The van der Waals surface area contributed by atoms with E-state index in [1.807, 2.05) is 0 Å². The van der Waals surface area contributed by atoms with Crippen molar-refractivity contribution in [2.24, 2.45) is 0 Å². The Bertz CT molecular complexity index is 1820. The summed E-state index contributed by atoms with van der Waals surface area (Å²) in [7, 11) is -1.06. The van der Waals surface area contributed by atoms with Crippen LogP contribution in [0.25, 0.3) is 49.6 Å². The minimum absolute atomic E-state index is 1.06. The van der Waals surface area contributed by atoms with E-state index in [-0.39, 0.29) is 0 Å². The molecule has 6 aromatic carbocycles. The lowest BCUT2D eigenvalue weighted by Crippen LogP contribution is -2.00. The van der Waals surface area contributed by atoms with Gasteiger partial charge in [0, 0.05) is 16.1 Å². The van der Waals surface area contributed by atoms with Crippen LogP contribution in [0.3, 0.4) is 0 Å². The number of benzene rings is 6. The standard InChI is InChI=1S/C36H27N2P/c1-4-14-28(15-5-1)29-24-26-32(27-25-29)39-37(30-16-6-2-7-17-30)35-22-12-10-20-33(35)34-21-11-13-23-36(34)38(39)31-18-8-3-9-19-31/h1-27H. The van der Waals surface area contributed by atoms with E-state index in [0.29, 0.717) is 0 Å². The maximum absolute atomic E-state index is 2.55. The molecule has 0 amide bonds. The van der Waals surface area contributed by atoms with Crippen LogP contribution in [0.4, 0.5) is 0 Å². The molecule has 1 aromatic heterocycles. The van der Waals surface area contributed by atoms with Crippen molar-refractivity contribution in [2.45, 2.75) is 0 Å². The van der Waals surface area contributed by atoms with Gasteiger partial charge in [-0.25, -0.2) is 0 Å². The first-order valence-corrected chi connectivity index (χ1v) is 14.5. The molecule has 0 N–H and O–H groups in total. The van der Waals surface area contributed by atoms with E-state index >= 15 is 0 Å². The minimum Gasteiger partial charge on any atom is -0.283 e. The summed E-state index contributed by atoms with van der Waals surface area (Å²) in [5, 5.41) is 3.76. The van der Waals surface area contributed by atoms with Crippen molar-refractivity contribution in [3.8, 4) is 27.8 Å². The Hall–Kier alpha value is -4.78. The smallest absolute Gasteiger partial charge is 0.0684 e. The molecule has 0 fully saturated rings. The zero-order valence-corrected chi connectivity index (χ0v) is 22.3. The van der Waals surface area contributed by atoms with Gasteiger partial charge in [0.25, 0.3) is 0 Å². The monoisotopic (exact) mass is 518 g/mol. The molecule has 0 aliphatic rings. The number of hydrogen-bond acceptors (Lipinski definition) is 0. The first-order chi connectivity index (χ1) is 19.4. The van der Waals surface area contributed by atoms with Gasteiger partial charge in [-0.15, -0.1) is 0 Å². The summed E-state index contributed by atoms with van der Waals surface area (Å²) >= 11 is 0. The van der Waals surface area contributed by atoms with Gasteiger partial charge >= 0.3 is 0 Å². The number of rotatable bonds is 4. The molecule has 3 heteroatoms. The van der Waals surface area contributed by atoms with Crippen LogP contribution in [-0.2, 0) is 0 Å². The summed E-state index contributed by atoms with van der Waals surface area (Å²) in [5.41, 5.74) is 7.24. The zero-order valence-electron chi connectivity index (χ0n) is 21.4. The average Bonchev–Trinajstić information content (AvgIpc) is 3.15. The van der Waals surface area contributed by atoms with E-state index in [0.717, 1.165) is 0 Å². The maximum atomic E-state index is 2.55. The molecule has 39 heavy (non-hydrogen) atoms. The molecule has 0 saturated carbocycles. The molecule has 0 spiro atoms. The molecule has 7 rings (SSSR count). The van der Waals surface area contributed by atoms with Gasteiger partial charge in [-0.2, -0.15) is 0 Å². The van der Waals surface area contributed by atoms with Crippen LogP contribution in [0, 0.1) is 0 Å². The predicted molar refractivity (Wildman–Crippen MR) is 167 cm³/mol. The van der Waals surface area contributed by atoms with Gasteiger partial charge in [0.05, 0.1) is 30.3 Å². The Labute approximate surface area is 229 Å². The van der Waals surface area contributed by atoms with Crippen LogP contribution in [0.1, 0.15) is 0 Å². The largest absolute Gasteiger partial charge is 0.283 e. The third-order valence-electron chi connectivity index (χ3n) is 7.14. The molecule has 0 radical (unpaired) electrons. The van der Waals surface area contributed by atoms with Crippen molar-refractivity contribution >= 4 is 29.7 Å². The van der Waals surface area contributed by atoms with Crippen molar-refractivity contribution in [3.63, 3.8) is 0 Å². The molecule has 0 atom stereocenters. The SMILES string of the molecule is c1ccc(-c2ccc(-p3n(-c4ccccc4)c4ccccc4c4ccccc4n3-c3ccccc3)cc2)cc1. The highest BCUT2D eigenvalue weighted by Crippen LogP contribution is 2.47. The van der Waals surface area contributed by atoms with Gasteiger partial charge < -0.3 is 0 Å². The van der Waals surface area contributed by atoms with Crippen molar-refractivity contribution in [1.82, 2.24) is 8.66 Å². The second-order valence-corrected chi connectivity index (χ2v) is 11.4. The Balaban J connectivity index is 1.68. The molecule has 186 valence electrons. The van der Waals surface area contributed by atoms with Crippen LogP contribution in [0.15, 0.2) is 164 Å². The lowest BCUT2D eigenvalue weighted by atomic mass is 10.1. The molecule has 0 saturated heterocycles. The van der Waals surface area contributed by atoms with Gasteiger partial charge in [0.1, 0.15) is 0 Å². The fraction of sp³-hybridized carbons (Fsp3) is 0. The molecule has 7 aromatic rings. The fourth-order valence-corrected chi connectivity index (χ4v) is 7.87. The normalized spacial score (nSPS) is 11.1. The van der Waals surface area contributed by atoms with E-state index < -0.39 is 7.85 Å². The van der Waals surface area contributed by atoms with Crippen molar-refractivity contribution in [1.29, 1.82) is 0 Å². The highest BCUT2D eigenvalue weighted by Gasteiger charge is 2.17. The van der Waals surface area contributed by atoms with E-state index in [1.54, 1.807) is 0 Å². The molecule has 2 nitrogen and oxygen atoms in total. The van der Waals surface area contributed by atoms with E-state index in [9.17, 15) is 0 Å². The van der Waals surface area contributed by atoms with Gasteiger partial charge in [0.2, 0.25) is 0 Å². The summed E-state index contributed by atoms with van der Waals surface area (Å²) in [6.45, 7) is 0. The van der Waals surface area contributed by atoms with Crippen molar-refractivity contribution in [2.75, 3.05) is 0 Å². The Kier molecular flexibility index (Phi) is 6.09. The van der Waals surface area contributed by atoms with Crippen LogP contribution in [-0.4, -0.2) is 8.66 Å². The zero-order chi connectivity index (χ0) is 26.0. The van der Waals surface area contributed by atoms with Crippen LogP contribution < -0.4 is 0 Å². The quantitative estimate of drug-likeness (QED) is 0.219. The predicted octanol–water partition coefficient (Wildman–Crippen LogP) is 10.3. The second-order valence-electron chi connectivity index (χ2n) is 9.53. The second kappa shape index (κ2) is 10.2. The molecule has 0 aliphatic heterocycles. The minimum atomic E-state index is -1.06. The molecule has 0 bridgehead atoms. The first-order valence-electron chi connectivity index (χ1n) is 13.2. The lowest BCUT2D eigenvalue weighted by Gasteiger charge is -2.21. The number of aromatic nitrogens is 2. The number of hydrogen-bond donors (Lipinski definition) is 0. The summed E-state index contributed by atoms with van der Waals surface area (Å²) in [6, 6.07) is 59.0. The van der Waals surface area contributed by atoms with Gasteiger partial charge in [-0.05, 0) is 59.7 Å². The topological polar surface area (TPSA) is 9.86 Å². The third-order valence-corrected chi connectivity index (χ3v) is 9.55. The van der Waals surface area contributed by atoms with Crippen LogP contribution >= 0.6 is 7.85 Å².